The van der Waals surface area contributed by atoms with Crippen LogP contribution in [0.25, 0.3) is 0 Å². The molecule has 0 radical (unpaired) electrons. The van der Waals surface area contributed by atoms with Gasteiger partial charge < -0.3 is 4.74 Å². The molecule has 0 aromatic heterocycles. The topological polar surface area (TPSA) is 33.0 Å². The smallest absolute Gasteiger partial charge is 0.137 e. The van der Waals surface area contributed by atoms with Crippen molar-refractivity contribution in [2.45, 2.75) is 90.6 Å². The fourth-order valence-electron chi connectivity index (χ4n) is 4.65. The lowest BCUT2D eigenvalue weighted by Gasteiger charge is -2.29. The molecule has 0 atom stereocenters. The number of nitrogens with zero attached hydrogens (tertiary/aromatic N) is 1. The van der Waals surface area contributed by atoms with Gasteiger partial charge in [0.15, 0.2) is 0 Å². The van der Waals surface area contributed by atoms with Crippen LogP contribution < -0.4 is 4.74 Å². The quantitative estimate of drug-likeness (QED) is 0.403. The summed E-state index contributed by atoms with van der Waals surface area (Å²) in [6, 6.07) is 17.3. The van der Waals surface area contributed by atoms with Gasteiger partial charge in [0.2, 0.25) is 0 Å². The van der Waals surface area contributed by atoms with Crippen LogP contribution in [0.15, 0.2) is 42.5 Å². The minimum absolute atomic E-state index is 0.507. The van der Waals surface area contributed by atoms with Gasteiger partial charge in [-0.15, -0.1) is 0 Å². The van der Waals surface area contributed by atoms with E-state index in [2.05, 4.69) is 50.2 Å². The molecule has 1 fully saturated rings. The third-order valence-corrected chi connectivity index (χ3v) is 6.64. The Labute approximate surface area is 183 Å². The fraction of sp³-hybridized carbons (Fsp3) is 0.536. The van der Waals surface area contributed by atoms with E-state index in [0.717, 1.165) is 36.7 Å². The molecule has 1 saturated carbocycles. The third kappa shape index (κ3) is 6.36. The maximum absolute atomic E-state index is 9.48. The molecule has 0 amide bonds. The summed E-state index contributed by atoms with van der Waals surface area (Å²) in [4.78, 5) is 0. The third-order valence-electron chi connectivity index (χ3n) is 6.64. The molecule has 0 N–H and O–H groups in total. The maximum atomic E-state index is 9.48. The van der Waals surface area contributed by atoms with E-state index < -0.39 is 0 Å². The largest absolute Gasteiger partial charge is 0.488 e. The molecule has 2 aromatic rings. The first-order chi connectivity index (χ1) is 14.7. The van der Waals surface area contributed by atoms with Crippen LogP contribution in [0.2, 0.25) is 0 Å². The number of rotatable bonds is 10. The van der Waals surface area contributed by atoms with E-state index in [0.29, 0.717) is 17.9 Å². The van der Waals surface area contributed by atoms with Crippen LogP contribution in [0.5, 0.6) is 5.75 Å². The molecule has 1 aliphatic carbocycles. The van der Waals surface area contributed by atoms with Crippen molar-refractivity contribution in [3.05, 3.63) is 64.7 Å². The Morgan fingerprint density at radius 2 is 1.60 bits per heavy atom. The van der Waals surface area contributed by atoms with E-state index in [1.807, 2.05) is 12.1 Å². The van der Waals surface area contributed by atoms with Crippen molar-refractivity contribution in [3.8, 4) is 11.8 Å². The predicted molar refractivity (Wildman–Crippen MR) is 125 cm³/mol. The van der Waals surface area contributed by atoms with Crippen molar-refractivity contribution in [1.82, 2.24) is 0 Å². The second-order valence-corrected chi connectivity index (χ2v) is 8.94. The summed E-state index contributed by atoms with van der Waals surface area (Å²) in [5.41, 5.74) is 4.49. The average Bonchev–Trinajstić information content (AvgIpc) is 2.81. The maximum Gasteiger partial charge on any atom is 0.137 e. The molecule has 0 saturated heterocycles. The lowest BCUT2D eigenvalue weighted by molar-refractivity contribution is 0.302. The highest BCUT2D eigenvalue weighted by molar-refractivity contribution is 5.45. The van der Waals surface area contributed by atoms with E-state index in [4.69, 9.17) is 4.74 Å². The van der Waals surface area contributed by atoms with Gasteiger partial charge in [-0.25, -0.2) is 0 Å². The van der Waals surface area contributed by atoms with Crippen molar-refractivity contribution in [2.75, 3.05) is 0 Å². The van der Waals surface area contributed by atoms with Gasteiger partial charge in [-0.3, -0.25) is 0 Å². The van der Waals surface area contributed by atoms with E-state index >= 15 is 0 Å². The fourth-order valence-corrected chi connectivity index (χ4v) is 4.65. The van der Waals surface area contributed by atoms with Crippen LogP contribution in [0.4, 0.5) is 0 Å². The highest BCUT2D eigenvalue weighted by Crippen LogP contribution is 2.37. The van der Waals surface area contributed by atoms with Crippen LogP contribution in [-0.4, -0.2) is 0 Å². The van der Waals surface area contributed by atoms with Gasteiger partial charge in [-0.2, -0.15) is 5.26 Å². The van der Waals surface area contributed by atoms with E-state index in [9.17, 15) is 5.26 Å². The Kier molecular flexibility index (Phi) is 8.81. The van der Waals surface area contributed by atoms with E-state index in [1.54, 1.807) is 0 Å². The highest BCUT2D eigenvalue weighted by Gasteiger charge is 2.21. The van der Waals surface area contributed by atoms with Crippen LogP contribution in [0, 0.1) is 17.2 Å². The van der Waals surface area contributed by atoms with Crippen molar-refractivity contribution in [3.63, 3.8) is 0 Å². The molecule has 1 aliphatic rings. The van der Waals surface area contributed by atoms with Crippen molar-refractivity contribution < 1.29 is 4.74 Å². The number of hydrogen-bond acceptors (Lipinski definition) is 2. The molecule has 0 bridgehead atoms. The molecular formula is C28H37NO. The second kappa shape index (κ2) is 11.8. The molecule has 2 aromatic carbocycles. The molecule has 0 heterocycles. The number of benzene rings is 2. The zero-order valence-electron chi connectivity index (χ0n) is 18.8. The summed E-state index contributed by atoms with van der Waals surface area (Å²) < 4.78 is 5.99. The number of hydrogen-bond donors (Lipinski definition) is 0. The Morgan fingerprint density at radius 3 is 2.27 bits per heavy atom. The van der Waals surface area contributed by atoms with Crippen LogP contribution in [-0.2, 0) is 13.0 Å². The van der Waals surface area contributed by atoms with Crippen LogP contribution in [0.1, 0.15) is 99.8 Å². The van der Waals surface area contributed by atoms with Gasteiger partial charge in [0.25, 0.3) is 0 Å². The minimum atomic E-state index is 0.507. The second-order valence-electron chi connectivity index (χ2n) is 8.94. The van der Waals surface area contributed by atoms with Gasteiger partial charge in [-0.1, -0.05) is 69.9 Å². The summed E-state index contributed by atoms with van der Waals surface area (Å²) in [6.07, 6.45) is 12.9. The lowest BCUT2D eigenvalue weighted by atomic mass is 9.77. The van der Waals surface area contributed by atoms with Gasteiger partial charge in [-0.05, 0) is 79.2 Å². The average molecular weight is 404 g/mol. The SMILES string of the molecule is CCCCc1ccc(OCc2ccc([C@H]3CC[C@H](CCCC)CC3)cc2)c(C#N)c1. The van der Waals surface area contributed by atoms with Gasteiger partial charge >= 0.3 is 0 Å². The molecule has 30 heavy (non-hydrogen) atoms. The number of aryl methyl sites for hydroxylation is 1. The van der Waals surface area contributed by atoms with Crippen LogP contribution >= 0.6 is 0 Å². The van der Waals surface area contributed by atoms with Crippen molar-refractivity contribution in [2.24, 2.45) is 5.92 Å². The number of ether oxygens (including phenoxy) is 1. The predicted octanol–water partition coefficient (Wildman–Crippen LogP) is 7.94. The molecule has 160 valence electrons. The van der Waals surface area contributed by atoms with Gasteiger partial charge in [0, 0.05) is 0 Å². The Balaban J connectivity index is 1.52. The summed E-state index contributed by atoms with van der Waals surface area (Å²) in [5, 5.41) is 9.48. The summed E-state index contributed by atoms with van der Waals surface area (Å²) >= 11 is 0. The van der Waals surface area contributed by atoms with Crippen LogP contribution in [0.3, 0.4) is 0 Å². The van der Waals surface area contributed by atoms with E-state index in [-0.39, 0.29) is 0 Å². The summed E-state index contributed by atoms with van der Waals surface area (Å²) in [6.45, 7) is 4.99. The van der Waals surface area contributed by atoms with Crippen molar-refractivity contribution >= 4 is 0 Å². The first-order valence-corrected chi connectivity index (χ1v) is 12.0. The van der Waals surface area contributed by atoms with Crippen molar-refractivity contribution in [1.29, 1.82) is 5.26 Å². The first kappa shape index (κ1) is 22.4. The highest BCUT2D eigenvalue weighted by atomic mass is 16.5. The Bertz CT molecular complexity index is 810. The zero-order chi connectivity index (χ0) is 21.2. The lowest BCUT2D eigenvalue weighted by Crippen LogP contribution is -2.13. The minimum Gasteiger partial charge on any atom is -0.488 e. The molecule has 0 unspecified atom stereocenters. The molecular weight excluding hydrogens is 366 g/mol. The van der Waals surface area contributed by atoms with Gasteiger partial charge in [0.05, 0.1) is 5.56 Å². The molecule has 3 rings (SSSR count). The summed E-state index contributed by atoms with van der Waals surface area (Å²) in [5.74, 6) is 2.36. The number of unbranched alkanes of at least 4 members (excludes halogenated alkanes) is 2. The monoisotopic (exact) mass is 403 g/mol. The first-order valence-electron chi connectivity index (χ1n) is 12.0. The summed E-state index contributed by atoms with van der Waals surface area (Å²) in [7, 11) is 0. The molecule has 2 nitrogen and oxygen atoms in total. The van der Waals surface area contributed by atoms with Gasteiger partial charge in [0.1, 0.15) is 18.4 Å². The molecule has 0 spiro atoms. The molecule has 0 aliphatic heterocycles. The van der Waals surface area contributed by atoms with E-state index in [1.165, 1.54) is 56.1 Å². The zero-order valence-corrected chi connectivity index (χ0v) is 18.8. The molecule has 2 heteroatoms. The number of nitriles is 1. The Morgan fingerprint density at radius 1 is 0.900 bits per heavy atom. The Hall–Kier alpha value is -2.27. The normalized spacial score (nSPS) is 18.7. The standard InChI is InChI=1S/C28H37NO/c1-3-5-7-22-9-14-25(15-10-22)26-16-11-24(12-17-26)21-30-28-18-13-23(8-6-4-2)19-27(28)20-29/h11-13,16-19,22,25H,3-10,14-15,21H2,1-2H3/t22-,25-.